The van der Waals surface area contributed by atoms with Crippen LogP contribution in [0.4, 0.5) is 5.69 Å². The molecule has 0 fully saturated rings. The highest BCUT2D eigenvalue weighted by Crippen LogP contribution is 2.11. The van der Waals surface area contributed by atoms with Crippen LogP contribution in [0.2, 0.25) is 0 Å². The SMILES string of the molecule is CCCC(=O)Nc1ccc(CN=C(NCC)NCCOc2ccccc2)cc1.I. The number of amides is 1. The van der Waals surface area contributed by atoms with Crippen LogP contribution < -0.4 is 20.7 Å². The van der Waals surface area contributed by atoms with Crippen LogP contribution in [0.25, 0.3) is 0 Å². The largest absolute Gasteiger partial charge is 0.492 e. The number of ether oxygens (including phenoxy) is 1. The molecule has 6 nitrogen and oxygen atoms in total. The minimum absolute atomic E-state index is 0. The Morgan fingerprint density at radius 2 is 1.72 bits per heavy atom. The molecule has 0 bridgehead atoms. The number of aliphatic imine (C=N–C) groups is 1. The maximum Gasteiger partial charge on any atom is 0.224 e. The van der Waals surface area contributed by atoms with Gasteiger partial charge in [0.1, 0.15) is 12.4 Å². The van der Waals surface area contributed by atoms with E-state index < -0.39 is 0 Å². The molecule has 0 aromatic heterocycles. The third kappa shape index (κ3) is 10.2. The quantitative estimate of drug-likeness (QED) is 0.194. The second kappa shape index (κ2) is 14.7. The summed E-state index contributed by atoms with van der Waals surface area (Å²) in [5.41, 5.74) is 1.89. The Labute approximate surface area is 190 Å². The van der Waals surface area contributed by atoms with Gasteiger partial charge in [-0.25, -0.2) is 4.99 Å². The maximum absolute atomic E-state index is 11.6. The summed E-state index contributed by atoms with van der Waals surface area (Å²) in [6, 6.07) is 17.5. The number of hydrogen-bond acceptors (Lipinski definition) is 3. The fourth-order valence-corrected chi connectivity index (χ4v) is 2.51. The molecule has 2 aromatic carbocycles. The normalized spacial score (nSPS) is 10.6. The van der Waals surface area contributed by atoms with Gasteiger partial charge >= 0.3 is 0 Å². The minimum atomic E-state index is 0. The molecule has 158 valence electrons. The molecule has 0 unspecified atom stereocenters. The predicted molar refractivity (Wildman–Crippen MR) is 130 cm³/mol. The van der Waals surface area contributed by atoms with Crippen LogP contribution in [0.1, 0.15) is 32.3 Å². The Morgan fingerprint density at radius 3 is 2.38 bits per heavy atom. The van der Waals surface area contributed by atoms with Gasteiger partial charge in [0, 0.05) is 18.7 Å². The summed E-state index contributed by atoms with van der Waals surface area (Å²) in [4.78, 5) is 16.2. The van der Waals surface area contributed by atoms with E-state index >= 15 is 0 Å². The number of carbonyl (C=O) groups is 1. The molecular weight excluding hydrogens is 479 g/mol. The van der Waals surface area contributed by atoms with E-state index in [1.807, 2.05) is 68.4 Å². The molecule has 3 N–H and O–H groups in total. The van der Waals surface area contributed by atoms with Gasteiger partial charge in [0.05, 0.1) is 13.1 Å². The maximum atomic E-state index is 11.6. The molecule has 2 aromatic rings. The van der Waals surface area contributed by atoms with Crippen LogP contribution in [-0.2, 0) is 11.3 Å². The summed E-state index contributed by atoms with van der Waals surface area (Å²) >= 11 is 0. The zero-order valence-electron chi connectivity index (χ0n) is 17.1. The van der Waals surface area contributed by atoms with Gasteiger partial charge in [0.25, 0.3) is 0 Å². The summed E-state index contributed by atoms with van der Waals surface area (Å²) in [5.74, 6) is 1.65. The molecule has 0 radical (unpaired) electrons. The first-order chi connectivity index (χ1) is 13.7. The van der Waals surface area contributed by atoms with Gasteiger partial charge in [-0.1, -0.05) is 37.3 Å². The van der Waals surface area contributed by atoms with E-state index in [1.54, 1.807) is 0 Å². The molecule has 0 spiro atoms. The summed E-state index contributed by atoms with van der Waals surface area (Å²) in [7, 11) is 0. The van der Waals surface area contributed by atoms with Crippen molar-refractivity contribution < 1.29 is 9.53 Å². The highest BCUT2D eigenvalue weighted by Gasteiger charge is 2.02. The van der Waals surface area contributed by atoms with Crippen molar-refractivity contribution in [3.63, 3.8) is 0 Å². The van der Waals surface area contributed by atoms with Crippen LogP contribution in [0.15, 0.2) is 59.6 Å². The van der Waals surface area contributed by atoms with Crippen LogP contribution in [0, 0.1) is 0 Å². The van der Waals surface area contributed by atoms with E-state index in [2.05, 4.69) is 20.9 Å². The number of benzene rings is 2. The Kier molecular flexibility index (Phi) is 12.5. The third-order valence-corrected chi connectivity index (χ3v) is 3.89. The molecule has 7 heteroatoms. The minimum Gasteiger partial charge on any atom is -0.492 e. The predicted octanol–water partition coefficient (Wildman–Crippen LogP) is 4.18. The Balaban J connectivity index is 0.00000420. The van der Waals surface area contributed by atoms with Crippen molar-refractivity contribution in [1.82, 2.24) is 10.6 Å². The molecule has 0 aliphatic rings. The van der Waals surface area contributed by atoms with E-state index in [-0.39, 0.29) is 29.9 Å². The Morgan fingerprint density at radius 1 is 1.00 bits per heavy atom. The molecule has 0 atom stereocenters. The van der Waals surface area contributed by atoms with Crippen molar-refractivity contribution in [2.24, 2.45) is 4.99 Å². The lowest BCUT2D eigenvalue weighted by atomic mass is 10.2. The highest BCUT2D eigenvalue weighted by molar-refractivity contribution is 14.0. The van der Waals surface area contributed by atoms with E-state index in [9.17, 15) is 4.79 Å². The molecule has 1 amide bonds. The lowest BCUT2D eigenvalue weighted by molar-refractivity contribution is -0.116. The number of anilines is 1. The summed E-state index contributed by atoms with van der Waals surface area (Å²) < 4.78 is 5.68. The van der Waals surface area contributed by atoms with E-state index in [4.69, 9.17) is 4.74 Å². The van der Waals surface area contributed by atoms with Crippen LogP contribution in [0.5, 0.6) is 5.75 Å². The second-order valence-electron chi connectivity index (χ2n) is 6.28. The van der Waals surface area contributed by atoms with Crippen molar-refractivity contribution >= 4 is 41.5 Å². The number of para-hydroxylation sites is 1. The zero-order valence-corrected chi connectivity index (χ0v) is 19.4. The molecule has 0 aliphatic carbocycles. The fraction of sp³-hybridized carbons (Fsp3) is 0.364. The average Bonchev–Trinajstić information content (AvgIpc) is 2.71. The number of carbonyl (C=O) groups excluding carboxylic acids is 1. The second-order valence-corrected chi connectivity index (χ2v) is 6.28. The standard InChI is InChI=1S/C22H30N4O2.HI/c1-3-8-21(27)26-19-13-11-18(12-14-19)17-25-22(23-4-2)24-15-16-28-20-9-6-5-7-10-20;/h5-7,9-14H,3-4,8,15-17H2,1-2H3,(H,26,27)(H2,23,24,25);1H. The summed E-state index contributed by atoms with van der Waals surface area (Å²) in [5, 5.41) is 9.39. The number of halogens is 1. The summed E-state index contributed by atoms with van der Waals surface area (Å²) in [6.45, 7) is 6.57. The molecule has 0 heterocycles. The van der Waals surface area contributed by atoms with Gasteiger partial charge in [-0.15, -0.1) is 24.0 Å². The van der Waals surface area contributed by atoms with Gasteiger partial charge in [0.15, 0.2) is 5.96 Å². The Hall–Kier alpha value is -2.29. The molecule has 0 saturated heterocycles. The topological polar surface area (TPSA) is 74.8 Å². The fourth-order valence-electron chi connectivity index (χ4n) is 2.51. The third-order valence-electron chi connectivity index (χ3n) is 3.89. The smallest absolute Gasteiger partial charge is 0.224 e. The van der Waals surface area contributed by atoms with Crippen molar-refractivity contribution in [3.8, 4) is 5.75 Å². The highest BCUT2D eigenvalue weighted by atomic mass is 127. The first-order valence-corrected chi connectivity index (χ1v) is 9.80. The summed E-state index contributed by atoms with van der Waals surface area (Å²) in [6.07, 6.45) is 1.38. The number of hydrogen-bond donors (Lipinski definition) is 3. The van der Waals surface area contributed by atoms with Crippen molar-refractivity contribution in [3.05, 3.63) is 60.2 Å². The van der Waals surface area contributed by atoms with Crippen molar-refractivity contribution in [1.29, 1.82) is 0 Å². The molecular formula is C22H31IN4O2. The van der Waals surface area contributed by atoms with Crippen LogP contribution >= 0.6 is 24.0 Å². The monoisotopic (exact) mass is 510 g/mol. The molecule has 0 saturated carbocycles. The van der Waals surface area contributed by atoms with Gasteiger partial charge < -0.3 is 20.7 Å². The lowest BCUT2D eigenvalue weighted by Gasteiger charge is -2.12. The van der Waals surface area contributed by atoms with Crippen LogP contribution in [0.3, 0.4) is 0 Å². The van der Waals surface area contributed by atoms with E-state index in [0.717, 1.165) is 35.9 Å². The molecule has 2 rings (SSSR count). The number of rotatable bonds is 10. The van der Waals surface area contributed by atoms with Crippen molar-refractivity contribution in [2.45, 2.75) is 33.2 Å². The number of nitrogens with zero attached hydrogens (tertiary/aromatic N) is 1. The molecule has 0 aliphatic heterocycles. The number of guanidine groups is 1. The lowest BCUT2D eigenvalue weighted by Crippen LogP contribution is -2.39. The first-order valence-electron chi connectivity index (χ1n) is 9.80. The van der Waals surface area contributed by atoms with Gasteiger partial charge in [-0.2, -0.15) is 0 Å². The zero-order chi connectivity index (χ0) is 20.0. The van der Waals surface area contributed by atoms with Gasteiger partial charge in [-0.3, -0.25) is 4.79 Å². The average molecular weight is 510 g/mol. The Bertz CT molecular complexity index is 736. The number of nitrogens with one attached hydrogen (secondary N) is 3. The van der Waals surface area contributed by atoms with Gasteiger partial charge in [0.2, 0.25) is 5.91 Å². The van der Waals surface area contributed by atoms with Gasteiger partial charge in [-0.05, 0) is 43.2 Å². The van der Waals surface area contributed by atoms with Crippen LogP contribution in [-0.4, -0.2) is 31.6 Å². The van der Waals surface area contributed by atoms with E-state index in [0.29, 0.717) is 26.1 Å². The first kappa shape index (κ1) is 24.7. The van der Waals surface area contributed by atoms with E-state index in [1.165, 1.54) is 0 Å². The van der Waals surface area contributed by atoms with Crippen molar-refractivity contribution in [2.75, 3.05) is 25.0 Å². The molecule has 29 heavy (non-hydrogen) atoms.